The lowest BCUT2D eigenvalue weighted by atomic mass is 10.0. The summed E-state index contributed by atoms with van der Waals surface area (Å²) in [5, 5.41) is 4.69. The molecule has 2 heterocycles. The highest BCUT2D eigenvalue weighted by atomic mass is 32.1. The van der Waals surface area contributed by atoms with E-state index in [2.05, 4.69) is 41.2 Å². The Morgan fingerprint density at radius 3 is 2.69 bits per heavy atom. The van der Waals surface area contributed by atoms with Gasteiger partial charge in [0.1, 0.15) is 5.56 Å². The molecule has 1 amide bonds. The van der Waals surface area contributed by atoms with Crippen LogP contribution < -0.4 is 10.9 Å². The number of carbonyl (C=O) groups excluding carboxylic acids is 1. The number of likely N-dealkylation sites (N-methyl/N-ethyl adjacent to an activating group) is 1. The maximum Gasteiger partial charge on any atom is 0.271 e. The number of amides is 1. The highest BCUT2D eigenvalue weighted by molar-refractivity contribution is 7.15. The van der Waals surface area contributed by atoms with Crippen molar-refractivity contribution in [3.05, 3.63) is 69.6 Å². The predicted molar refractivity (Wildman–Crippen MR) is 104 cm³/mol. The first-order valence-corrected chi connectivity index (χ1v) is 9.55. The van der Waals surface area contributed by atoms with E-state index in [1.165, 1.54) is 21.9 Å². The molecule has 0 aliphatic carbocycles. The summed E-state index contributed by atoms with van der Waals surface area (Å²) < 4.78 is 1.40. The number of aromatic nitrogens is 2. The van der Waals surface area contributed by atoms with Gasteiger partial charge in [0.05, 0.1) is 6.04 Å². The van der Waals surface area contributed by atoms with Crippen LogP contribution in [0.5, 0.6) is 0 Å². The molecule has 0 saturated carbocycles. The molecule has 3 rings (SSSR count). The number of hydrogen-bond donors (Lipinski definition) is 1. The minimum atomic E-state index is -0.392. The number of nitrogens with zero attached hydrogens (tertiary/aromatic N) is 3. The summed E-state index contributed by atoms with van der Waals surface area (Å²) in [6, 6.07) is 10.1. The van der Waals surface area contributed by atoms with E-state index >= 15 is 0 Å². The van der Waals surface area contributed by atoms with Crippen LogP contribution in [0, 0.1) is 0 Å². The van der Waals surface area contributed by atoms with Crippen molar-refractivity contribution in [1.29, 1.82) is 0 Å². The standard InChI is InChI=1S/C19H22N4O2S/c1-3-22(4-2)16(14-8-6-5-7-9-14)13-20-17(24)15-12-21-19-23(18(15)25)10-11-26-19/h5-12,16H,3-4,13H2,1-2H3,(H,20,24). The normalized spacial score (nSPS) is 12.4. The number of fused-ring (bicyclic) bond motifs is 1. The first-order chi connectivity index (χ1) is 12.7. The van der Waals surface area contributed by atoms with E-state index in [-0.39, 0.29) is 17.2 Å². The molecule has 0 spiro atoms. The molecule has 3 aromatic rings. The smallest absolute Gasteiger partial charge is 0.271 e. The number of rotatable bonds is 7. The van der Waals surface area contributed by atoms with Gasteiger partial charge in [-0.15, -0.1) is 11.3 Å². The van der Waals surface area contributed by atoms with Crippen molar-refractivity contribution < 1.29 is 4.79 Å². The maximum atomic E-state index is 12.6. The summed E-state index contributed by atoms with van der Waals surface area (Å²) in [6.45, 7) is 6.37. The highest BCUT2D eigenvalue weighted by Gasteiger charge is 2.20. The van der Waals surface area contributed by atoms with Crippen LogP contribution in [-0.2, 0) is 0 Å². The molecule has 0 aliphatic heterocycles. The molecule has 0 bridgehead atoms. The molecule has 26 heavy (non-hydrogen) atoms. The Hall–Kier alpha value is -2.51. The Kier molecular flexibility index (Phi) is 5.80. The second kappa shape index (κ2) is 8.25. The molecule has 1 aromatic carbocycles. The van der Waals surface area contributed by atoms with Crippen molar-refractivity contribution in [2.45, 2.75) is 19.9 Å². The fourth-order valence-corrected chi connectivity index (χ4v) is 3.74. The largest absolute Gasteiger partial charge is 0.350 e. The molecule has 6 nitrogen and oxygen atoms in total. The van der Waals surface area contributed by atoms with Crippen molar-refractivity contribution in [2.24, 2.45) is 0 Å². The van der Waals surface area contributed by atoms with Gasteiger partial charge in [-0.25, -0.2) is 4.98 Å². The average molecular weight is 370 g/mol. The second-order valence-corrected chi connectivity index (χ2v) is 6.76. The minimum absolute atomic E-state index is 0.0516. The quantitative estimate of drug-likeness (QED) is 0.694. The number of nitrogens with one attached hydrogen (secondary N) is 1. The second-order valence-electron chi connectivity index (χ2n) is 5.89. The fourth-order valence-electron chi connectivity index (χ4n) is 3.06. The van der Waals surface area contributed by atoms with E-state index in [0.717, 1.165) is 18.7 Å². The SMILES string of the molecule is CCN(CC)C(CNC(=O)c1cnc2sccn2c1=O)c1ccccc1. The van der Waals surface area contributed by atoms with Crippen molar-refractivity contribution in [1.82, 2.24) is 19.6 Å². The van der Waals surface area contributed by atoms with Gasteiger partial charge in [0, 0.05) is 24.3 Å². The van der Waals surface area contributed by atoms with Crippen molar-refractivity contribution >= 4 is 22.2 Å². The van der Waals surface area contributed by atoms with Crippen LogP contribution in [0.4, 0.5) is 0 Å². The molecular weight excluding hydrogens is 348 g/mol. The third kappa shape index (κ3) is 3.68. The third-order valence-corrected chi connectivity index (χ3v) is 5.25. The summed E-state index contributed by atoms with van der Waals surface area (Å²) in [4.78, 5) is 32.1. The summed E-state index contributed by atoms with van der Waals surface area (Å²) in [7, 11) is 0. The van der Waals surface area contributed by atoms with Gasteiger partial charge in [0.25, 0.3) is 11.5 Å². The number of carbonyl (C=O) groups is 1. The summed E-state index contributed by atoms with van der Waals surface area (Å²) >= 11 is 1.36. The number of hydrogen-bond acceptors (Lipinski definition) is 5. The highest BCUT2D eigenvalue weighted by Crippen LogP contribution is 2.19. The summed E-state index contributed by atoms with van der Waals surface area (Å²) in [5.41, 5.74) is 0.861. The van der Waals surface area contributed by atoms with E-state index in [4.69, 9.17) is 0 Å². The van der Waals surface area contributed by atoms with E-state index in [1.54, 1.807) is 11.6 Å². The van der Waals surface area contributed by atoms with Crippen LogP contribution in [0.15, 0.2) is 52.9 Å². The zero-order chi connectivity index (χ0) is 18.5. The monoisotopic (exact) mass is 370 g/mol. The Balaban J connectivity index is 1.80. The maximum absolute atomic E-state index is 12.6. The predicted octanol–water partition coefficient (Wildman–Crippen LogP) is 2.57. The molecular formula is C19H22N4O2S. The lowest BCUT2D eigenvalue weighted by molar-refractivity contribution is 0.0933. The Bertz CT molecular complexity index is 931. The van der Waals surface area contributed by atoms with E-state index in [1.807, 2.05) is 18.2 Å². The summed E-state index contributed by atoms with van der Waals surface area (Å²) in [6.07, 6.45) is 2.99. The third-order valence-electron chi connectivity index (χ3n) is 4.48. The van der Waals surface area contributed by atoms with Gasteiger partial charge in [-0.05, 0) is 18.7 Å². The molecule has 2 aromatic heterocycles. The van der Waals surface area contributed by atoms with Gasteiger partial charge in [-0.1, -0.05) is 44.2 Å². The fraction of sp³-hybridized carbons (Fsp3) is 0.316. The number of benzene rings is 1. The lowest BCUT2D eigenvalue weighted by Gasteiger charge is -2.30. The Morgan fingerprint density at radius 1 is 1.27 bits per heavy atom. The first kappa shape index (κ1) is 18.3. The van der Waals surface area contributed by atoms with Crippen LogP contribution in [0.3, 0.4) is 0 Å². The van der Waals surface area contributed by atoms with Crippen LogP contribution in [-0.4, -0.2) is 39.8 Å². The van der Waals surface area contributed by atoms with Gasteiger partial charge in [-0.2, -0.15) is 0 Å². The topological polar surface area (TPSA) is 66.7 Å². The van der Waals surface area contributed by atoms with Crippen LogP contribution >= 0.6 is 11.3 Å². The number of thiazole rings is 1. The van der Waals surface area contributed by atoms with E-state index < -0.39 is 5.91 Å². The molecule has 7 heteroatoms. The lowest BCUT2D eigenvalue weighted by Crippen LogP contribution is -2.39. The van der Waals surface area contributed by atoms with Gasteiger partial charge in [-0.3, -0.25) is 18.9 Å². The van der Waals surface area contributed by atoms with Gasteiger partial charge >= 0.3 is 0 Å². The summed E-state index contributed by atoms with van der Waals surface area (Å²) in [5.74, 6) is -0.392. The first-order valence-electron chi connectivity index (χ1n) is 8.67. The molecule has 1 unspecified atom stereocenters. The van der Waals surface area contributed by atoms with Crippen LogP contribution in [0.25, 0.3) is 4.96 Å². The van der Waals surface area contributed by atoms with Gasteiger partial charge in [0.2, 0.25) is 0 Å². The van der Waals surface area contributed by atoms with Crippen LogP contribution in [0.1, 0.15) is 35.8 Å². The molecule has 0 saturated heterocycles. The van der Waals surface area contributed by atoms with E-state index in [0.29, 0.717) is 11.5 Å². The van der Waals surface area contributed by atoms with Crippen molar-refractivity contribution in [3.8, 4) is 0 Å². The molecule has 136 valence electrons. The molecule has 1 atom stereocenters. The van der Waals surface area contributed by atoms with Crippen LogP contribution in [0.2, 0.25) is 0 Å². The molecule has 1 N–H and O–H groups in total. The average Bonchev–Trinajstić information content (AvgIpc) is 3.15. The van der Waals surface area contributed by atoms with E-state index in [9.17, 15) is 9.59 Å². The Morgan fingerprint density at radius 2 is 2.00 bits per heavy atom. The zero-order valence-corrected chi connectivity index (χ0v) is 15.7. The molecule has 0 radical (unpaired) electrons. The molecule has 0 aliphatic rings. The minimum Gasteiger partial charge on any atom is -0.350 e. The van der Waals surface area contributed by atoms with Gasteiger partial charge < -0.3 is 5.32 Å². The molecule has 0 fully saturated rings. The zero-order valence-electron chi connectivity index (χ0n) is 14.9. The van der Waals surface area contributed by atoms with Gasteiger partial charge in [0.15, 0.2) is 4.96 Å². The Labute approximate surface area is 156 Å². The van der Waals surface area contributed by atoms with Crippen molar-refractivity contribution in [3.63, 3.8) is 0 Å². The van der Waals surface area contributed by atoms with Crippen molar-refractivity contribution in [2.75, 3.05) is 19.6 Å².